The molecule has 2 N–H and O–H groups in total. The second kappa shape index (κ2) is 3.15. The molecule has 0 aliphatic carbocycles. The van der Waals surface area contributed by atoms with Crippen LogP contribution in [0, 0.1) is 0 Å². The SMILES string of the molecule is CNNCCC1OC1C. The molecule has 1 saturated heterocycles. The van der Waals surface area contributed by atoms with Gasteiger partial charge in [-0.2, -0.15) is 0 Å². The van der Waals surface area contributed by atoms with Crippen molar-refractivity contribution >= 4 is 0 Å². The molecule has 0 aromatic carbocycles. The van der Waals surface area contributed by atoms with Crippen LogP contribution in [0.4, 0.5) is 0 Å². The number of rotatable bonds is 4. The fraction of sp³-hybridized carbons (Fsp3) is 1.00. The summed E-state index contributed by atoms with van der Waals surface area (Å²) in [5, 5.41) is 0. The molecule has 2 atom stereocenters. The maximum Gasteiger partial charge on any atom is 0.0851 e. The molecule has 54 valence electrons. The van der Waals surface area contributed by atoms with Crippen LogP contribution in [0.2, 0.25) is 0 Å². The second-order valence-corrected chi connectivity index (χ2v) is 2.35. The Morgan fingerprint density at radius 3 is 2.67 bits per heavy atom. The summed E-state index contributed by atoms with van der Waals surface area (Å²) in [6, 6.07) is 0. The number of hydrogen-bond donors (Lipinski definition) is 2. The summed E-state index contributed by atoms with van der Waals surface area (Å²) in [6.07, 6.45) is 2.14. The van der Waals surface area contributed by atoms with Crippen LogP contribution in [0.5, 0.6) is 0 Å². The summed E-state index contributed by atoms with van der Waals surface area (Å²) in [7, 11) is 1.87. The Balaban J connectivity index is 1.83. The average molecular weight is 130 g/mol. The van der Waals surface area contributed by atoms with Crippen LogP contribution in [-0.2, 0) is 4.74 Å². The minimum absolute atomic E-state index is 0.503. The molecule has 9 heavy (non-hydrogen) atoms. The number of ether oxygens (including phenoxy) is 1. The van der Waals surface area contributed by atoms with Crippen molar-refractivity contribution in [3.05, 3.63) is 0 Å². The van der Waals surface area contributed by atoms with Gasteiger partial charge in [-0.3, -0.25) is 10.9 Å². The average Bonchev–Trinajstić information content (AvgIpc) is 2.48. The van der Waals surface area contributed by atoms with Crippen molar-refractivity contribution in [3.63, 3.8) is 0 Å². The normalized spacial score (nSPS) is 32.7. The Hall–Kier alpha value is -0.120. The Morgan fingerprint density at radius 2 is 2.22 bits per heavy atom. The zero-order chi connectivity index (χ0) is 6.69. The summed E-state index contributed by atoms with van der Waals surface area (Å²) >= 11 is 0. The molecule has 0 aromatic rings. The third-order valence-electron chi connectivity index (χ3n) is 1.57. The molecular formula is C6H14N2O. The van der Waals surface area contributed by atoms with Crippen molar-refractivity contribution in [2.75, 3.05) is 13.6 Å². The molecule has 2 unspecified atom stereocenters. The molecule has 1 aliphatic rings. The summed E-state index contributed by atoms with van der Waals surface area (Å²) in [6.45, 7) is 3.09. The highest BCUT2D eigenvalue weighted by molar-refractivity contribution is 4.80. The van der Waals surface area contributed by atoms with Gasteiger partial charge in [0.1, 0.15) is 0 Å². The summed E-state index contributed by atoms with van der Waals surface area (Å²) in [4.78, 5) is 0. The quantitative estimate of drug-likeness (QED) is 0.317. The molecule has 1 fully saturated rings. The molecule has 1 heterocycles. The maximum atomic E-state index is 5.20. The lowest BCUT2D eigenvalue weighted by Gasteiger charge is -1.97. The second-order valence-electron chi connectivity index (χ2n) is 2.35. The topological polar surface area (TPSA) is 36.6 Å². The van der Waals surface area contributed by atoms with Gasteiger partial charge in [-0.05, 0) is 20.4 Å². The first-order chi connectivity index (χ1) is 4.34. The molecule has 0 amide bonds. The summed E-state index contributed by atoms with van der Waals surface area (Å²) in [5.74, 6) is 0. The van der Waals surface area contributed by atoms with Gasteiger partial charge in [-0.15, -0.1) is 0 Å². The Morgan fingerprint density at radius 1 is 1.56 bits per heavy atom. The molecule has 0 saturated carbocycles. The zero-order valence-electron chi connectivity index (χ0n) is 5.98. The van der Waals surface area contributed by atoms with E-state index in [0.717, 1.165) is 13.0 Å². The molecule has 3 heteroatoms. The highest BCUT2D eigenvalue weighted by Gasteiger charge is 2.32. The van der Waals surface area contributed by atoms with Crippen LogP contribution in [-0.4, -0.2) is 25.8 Å². The van der Waals surface area contributed by atoms with Gasteiger partial charge in [0.25, 0.3) is 0 Å². The van der Waals surface area contributed by atoms with Crippen molar-refractivity contribution in [2.45, 2.75) is 25.6 Å². The van der Waals surface area contributed by atoms with Gasteiger partial charge >= 0.3 is 0 Å². The zero-order valence-corrected chi connectivity index (χ0v) is 5.98. The van der Waals surface area contributed by atoms with E-state index in [9.17, 15) is 0 Å². The molecule has 3 nitrogen and oxygen atoms in total. The number of hydrazine groups is 1. The first-order valence-corrected chi connectivity index (χ1v) is 3.39. The van der Waals surface area contributed by atoms with Crippen LogP contribution >= 0.6 is 0 Å². The van der Waals surface area contributed by atoms with Gasteiger partial charge in [0.2, 0.25) is 0 Å². The van der Waals surface area contributed by atoms with E-state index in [-0.39, 0.29) is 0 Å². The Kier molecular flexibility index (Phi) is 2.45. The van der Waals surface area contributed by atoms with Crippen LogP contribution in [0.1, 0.15) is 13.3 Å². The summed E-state index contributed by atoms with van der Waals surface area (Å²) < 4.78 is 5.20. The van der Waals surface area contributed by atoms with Crippen LogP contribution in [0.25, 0.3) is 0 Å². The molecular weight excluding hydrogens is 116 g/mol. The van der Waals surface area contributed by atoms with E-state index in [1.807, 2.05) is 7.05 Å². The van der Waals surface area contributed by atoms with Crippen molar-refractivity contribution in [1.82, 2.24) is 10.9 Å². The predicted octanol–water partition coefficient (Wildman–Crippen LogP) is -0.112. The van der Waals surface area contributed by atoms with E-state index in [1.165, 1.54) is 0 Å². The van der Waals surface area contributed by atoms with E-state index in [1.54, 1.807) is 0 Å². The number of epoxide rings is 1. The summed E-state index contributed by atoms with van der Waals surface area (Å²) in [5.41, 5.74) is 5.87. The Labute approximate surface area is 55.7 Å². The van der Waals surface area contributed by atoms with Gasteiger partial charge in [0.15, 0.2) is 0 Å². The third kappa shape index (κ3) is 2.30. The third-order valence-corrected chi connectivity index (χ3v) is 1.57. The molecule has 0 spiro atoms. The van der Waals surface area contributed by atoms with Gasteiger partial charge in [-0.25, -0.2) is 0 Å². The van der Waals surface area contributed by atoms with Crippen molar-refractivity contribution in [3.8, 4) is 0 Å². The molecule has 0 aromatic heterocycles. The highest BCUT2D eigenvalue weighted by atomic mass is 16.6. The smallest absolute Gasteiger partial charge is 0.0851 e. The fourth-order valence-corrected chi connectivity index (χ4v) is 0.873. The van der Waals surface area contributed by atoms with Gasteiger partial charge in [0.05, 0.1) is 12.2 Å². The van der Waals surface area contributed by atoms with E-state index in [0.29, 0.717) is 12.2 Å². The maximum absolute atomic E-state index is 5.20. The molecule has 0 radical (unpaired) electrons. The monoisotopic (exact) mass is 130 g/mol. The lowest BCUT2D eigenvalue weighted by Crippen LogP contribution is -2.29. The van der Waals surface area contributed by atoms with Crippen LogP contribution in [0.15, 0.2) is 0 Å². The number of hydrogen-bond acceptors (Lipinski definition) is 3. The lowest BCUT2D eigenvalue weighted by molar-refractivity contribution is 0.365. The van der Waals surface area contributed by atoms with Crippen LogP contribution in [0.3, 0.4) is 0 Å². The molecule has 1 aliphatic heterocycles. The minimum Gasteiger partial charge on any atom is -0.370 e. The van der Waals surface area contributed by atoms with Crippen molar-refractivity contribution in [2.24, 2.45) is 0 Å². The predicted molar refractivity (Wildman–Crippen MR) is 36.0 cm³/mol. The first-order valence-electron chi connectivity index (χ1n) is 3.39. The van der Waals surface area contributed by atoms with Crippen molar-refractivity contribution in [1.29, 1.82) is 0 Å². The van der Waals surface area contributed by atoms with Gasteiger partial charge in [-0.1, -0.05) is 0 Å². The van der Waals surface area contributed by atoms with Crippen LogP contribution < -0.4 is 10.9 Å². The fourth-order valence-electron chi connectivity index (χ4n) is 0.873. The van der Waals surface area contributed by atoms with E-state index >= 15 is 0 Å². The standard InChI is InChI=1S/C6H14N2O/c1-5-6(9-5)3-4-8-7-2/h5-8H,3-4H2,1-2H3. The van der Waals surface area contributed by atoms with Gasteiger partial charge in [0, 0.05) is 6.54 Å². The van der Waals surface area contributed by atoms with Crippen molar-refractivity contribution < 1.29 is 4.74 Å². The van der Waals surface area contributed by atoms with Gasteiger partial charge < -0.3 is 4.74 Å². The highest BCUT2D eigenvalue weighted by Crippen LogP contribution is 2.23. The van der Waals surface area contributed by atoms with E-state index in [2.05, 4.69) is 17.8 Å². The largest absolute Gasteiger partial charge is 0.370 e. The minimum atomic E-state index is 0.503. The Bertz CT molecular complexity index is 87.1. The molecule has 1 rings (SSSR count). The first kappa shape index (κ1) is 6.99. The number of nitrogens with one attached hydrogen (secondary N) is 2. The lowest BCUT2D eigenvalue weighted by atomic mass is 10.2. The van der Waals surface area contributed by atoms with E-state index < -0.39 is 0 Å². The molecule has 0 bridgehead atoms. The van der Waals surface area contributed by atoms with E-state index in [4.69, 9.17) is 4.74 Å².